The van der Waals surface area contributed by atoms with E-state index in [0.29, 0.717) is 13.1 Å². The van der Waals surface area contributed by atoms with Crippen molar-refractivity contribution < 1.29 is 9.22 Å². The van der Waals surface area contributed by atoms with Gasteiger partial charge in [0.1, 0.15) is 0 Å². The second-order valence-electron chi connectivity index (χ2n) is 5.33. The van der Waals surface area contributed by atoms with Crippen LogP contribution in [0.3, 0.4) is 0 Å². The van der Waals surface area contributed by atoms with Crippen LogP contribution in [-0.4, -0.2) is 47.1 Å². The molecule has 0 aliphatic carbocycles. The van der Waals surface area contributed by atoms with Gasteiger partial charge in [0.25, 0.3) is 0 Å². The predicted octanol–water partition coefficient (Wildman–Crippen LogP) is 0.491. The molecule has 0 aromatic rings. The normalized spacial score (nSPS) is 15.4. The lowest BCUT2D eigenvalue weighted by atomic mass is 10.6. The van der Waals surface area contributed by atoms with Crippen LogP contribution in [0.5, 0.6) is 0 Å². The average molecular weight is 250 g/mol. The quantitative estimate of drug-likeness (QED) is 0.454. The minimum absolute atomic E-state index is 0.365. The molecule has 92 valence electrons. The maximum atomic E-state index is 10.0. The van der Waals surface area contributed by atoms with E-state index in [1.54, 1.807) is 0 Å². The Labute approximate surface area is 95.5 Å². The van der Waals surface area contributed by atoms with Crippen molar-refractivity contribution in [3.8, 4) is 0 Å². The van der Waals surface area contributed by atoms with Crippen LogP contribution in [0.25, 0.3) is 0 Å². The molecule has 0 aliphatic rings. The molecule has 0 radical (unpaired) electrons. The molecular weight excluding hydrogens is 224 g/mol. The van der Waals surface area contributed by atoms with E-state index in [2.05, 4.69) is 38.1 Å². The minimum Gasteiger partial charge on any atom is -0.454 e. The number of aliphatic hydroxyl groups is 1. The van der Waals surface area contributed by atoms with Crippen LogP contribution < -0.4 is 11.1 Å². The number of hydrogen-bond donors (Lipinski definition) is 3. The van der Waals surface area contributed by atoms with Gasteiger partial charge in [-0.3, -0.25) is 0 Å². The molecule has 0 heterocycles. The highest BCUT2D eigenvalue weighted by Crippen LogP contribution is 2.17. The lowest BCUT2D eigenvalue weighted by Crippen LogP contribution is -2.55. The molecular formula is C9H26N2O2Si2. The number of aliphatic hydroxyl groups excluding tert-OH is 1. The number of rotatable bonds is 7. The summed E-state index contributed by atoms with van der Waals surface area (Å²) in [6, 6.07) is 0. The van der Waals surface area contributed by atoms with Crippen molar-refractivity contribution in [1.82, 2.24) is 5.32 Å². The second-order valence-corrected chi connectivity index (χ2v) is 14.2. The van der Waals surface area contributed by atoms with Gasteiger partial charge >= 0.3 is 0 Å². The summed E-state index contributed by atoms with van der Waals surface area (Å²) < 4.78 is 6.07. The molecule has 1 unspecified atom stereocenters. The minimum atomic E-state index is -1.98. The molecule has 0 aliphatic heterocycles. The van der Waals surface area contributed by atoms with Gasteiger partial charge < -0.3 is 20.3 Å². The summed E-state index contributed by atoms with van der Waals surface area (Å²) in [5.41, 5.74) is 5.00. The third-order valence-corrected chi connectivity index (χ3v) is 8.39. The van der Waals surface area contributed by atoms with E-state index in [0.717, 1.165) is 6.54 Å². The lowest BCUT2D eigenvalue weighted by molar-refractivity contribution is 0.220. The molecule has 0 aromatic heterocycles. The van der Waals surface area contributed by atoms with Crippen LogP contribution in [-0.2, 0) is 4.12 Å². The Bertz CT molecular complexity index is 183. The summed E-state index contributed by atoms with van der Waals surface area (Å²) in [5.74, 6) is 0. The number of nitrogens with one attached hydrogen (secondary N) is 1. The van der Waals surface area contributed by atoms with Crippen LogP contribution in [0.15, 0.2) is 0 Å². The zero-order valence-corrected chi connectivity index (χ0v) is 12.6. The fourth-order valence-corrected chi connectivity index (χ4v) is 8.94. The average Bonchev–Trinajstić information content (AvgIpc) is 2.00. The summed E-state index contributed by atoms with van der Waals surface area (Å²) in [4.78, 5) is 0. The van der Waals surface area contributed by atoms with Crippen molar-refractivity contribution in [3.63, 3.8) is 0 Å². The van der Waals surface area contributed by atoms with E-state index < -0.39 is 16.6 Å². The first-order valence-corrected chi connectivity index (χ1v) is 11.9. The monoisotopic (exact) mass is 250 g/mol. The molecule has 0 rings (SSSR count). The van der Waals surface area contributed by atoms with E-state index in [9.17, 15) is 5.11 Å². The topological polar surface area (TPSA) is 67.5 Å². The maximum absolute atomic E-state index is 10.0. The van der Waals surface area contributed by atoms with Gasteiger partial charge in [-0.2, -0.15) is 0 Å². The highest BCUT2D eigenvalue weighted by atomic mass is 28.4. The van der Waals surface area contributed by atoms with Gasteiger partial charge in [0.05, 0.1) is 5.73 Å². The van der Waals surface area contributed by atoms with Gasteiger partial charge in [-0.05, 0) is 32.7 Å². The van der Waals surface area contributed by atoms with Crippen molar-refractivity contribution in [2.24, 2.45) is 5.73 Å². The molecule has 0 spiro atoms. The third-order valence-electron chi connectivity index (χ3n) is 2.03. The Morgan fingerprint density at radius 2 is 1.80 bits per heavy atom. The molecule has 15 heavy (non-hydrogen) atoms. The van der Waals surface area contributed by atoms with Gasteiger partial charge in [0.2, 0.25) is 8.32 Å². The lowest BCUT2D eigenvalue weighted by Gasteiger charge is -2.35. The first-order chi connectivity index (χ1) is 6.69. The SMILES string of the molecule is C[Si](C)(C)O[Si](C)(C)C(O)CNCCN. The molecule has 1 atom stereocenters. The van der Waals surface area contributed by atoms with Crippen LogP contribution in [0, 0.1) is 0 Å². The number of nitrogens with two attached hydrogens (primary N) is 1. The standard InChI is InChI=1S/C9H26N2O2Si2/c1-14(2,3)13-15(4,5)9(12)8-11-7-6-10/h9,11-12H,6-8,10H2,1-5H3. The second kappa shape index (κ2) is 6.12. The molecule has 0 amide bonds. The van der Waals surface area contributed by atoms with E-state index in [-0.39, 0.29) is 5.73 Å². The predicted molar refractivity (Wildman–Crippen MR) is 69.8 cm³/mol. The van der Waals surface area contributed by atoms with Gasteiger partial charge in [0, 0.05) is 19.6 Å². The van der Waals surface area contributed by atoms with Crippen molar-refractivity contribution in [3.05, 3.63) is 0 Å². The Hall–Kier alpha value is 0.274. The summed E-state index contributed by atoms with van der Waals surface area (Å²) >= 11 is 0. The molecule has 4 nitrogen and oxygen atoms in total. The maximum Gasteiger partial charge on any atom is 0.203 e. The van der Waals surface area contributed by atoms with E-state index in [1.807, 2.05) is 0 Å². The smallest absolute Gasteiger partial charge is 0.203 e. The van der Waals surface area contributed by atoms with Crippen molar-refractivity contribution in [1.29, 1.82) is 0 Å². The van der Waals surface area contributed by atoms with E-state index in [4.69, 9.17) is 9.85 Å². The van der Waals surface area contributed by atoms with Crippen LogP contribution in [0.4, 0.5) is 0 Å². The van der Waals surface area contributed by atoms with E-state index >= 15 is 0 Å². The first kappa shape index (κ1) is 15.3. The van der Waals surface area contributed by atoms with Gasteiger partial charge in [0.15, 0.2) is 8.32 Å². The summed E-state index contributed by atoms with van der Waals surface area (Å²) in [5, 5.41) is 13.1. The Morgan fingerprint density at radius 3 is 2.20 bits per heavy atom. The highest BCUT2D eigenvalue weighted by Gasteiger charge is 2.36. The fourth-order valence-electron chi connectivity index (χ4n) is 1.44. The van der Waals surface area contributed by atoms with Crippen molar-refractivity contribution >= 4 is 16.6 Å². The van der Waals surface area contributed by atoms with E-state index in [1.165, 1.54) is 0 Å². The zero-order valence-electron chi connectivity index (χ0n) is 10.6. The van der Waals surface area contributed by atoms with Crippen molar-refractivity contribution in [2.45, 2.75) is 38.5 Å². The van der Waals surface area contributed by atoms with Crippen LogP contribution in [0.2, 0.25) is 32.7 Å². The third kappa shape index (κ3) is 7.21. The van der Waals surface area contributed by atoms with Crippen molar-refractivity contribution in [2.75, 3.05) is 19.6 Å². The summed E-state index contributed by atoms with van der Waals surface area (Å²) in [6.45, 7) is 12.5. The van der Waals surface area contributed by atoms with Gasteiger partial charge in [-0.15, -0.1) is 0 Å². The largest absolute Gasteiger partial charge is 0.454 e. The Kier molecular flexibility index (Phi) is 6.23. The summed E-state index contributed by atoms with van der Waals surface area (Å²) in [6.07, 6.45) is 0. The fraction of sp³-hybridized carbons (Fsp3) is 1.00. The molecule has 0 aromatic carbocycles. The molecule has 0 saturated carbocycles. The molecule has 6 heteroatoms. The zero-order chi connectivity index (χ0) is 12.1. The molecule has 0 bridgehead atoms. The first-order valence-electron chi connectivity index (χ1n) is 5.48. The van der Waals surface area contributed by atoms with Crippen LogP contribution in [0.1, 0.15) is 0 Å². The number of hydrogen-bond acceptors (Lipinski definition) is 4. The van der Waals surface area contributed by atoms with Gasteiger partial charge in [-0.1, -0.05) is 0 Å². The molecule has 0 fully saturated rings. The Morgan fingerprint density at radius 1 is 1.27 bits per heavy atom. The summed E-state index contributed by atoms with van der Waals surface area (Å²) in [7, 11) is -3.53. The molecule has 4 N–H and O–H groups in total. The molecule has 0 saturated heterocycles. The Balaban J connectivity index is 4.08. The van der Waals surface area contributed by atoms with Crippen LogP contribution >= 0.6 is 0 Å². The van der Waals surface area contributed by atoms with Gasteiger partial charge in [-0.25, -0.2) is 0 Å². The highest BCUT2D eigenvalue weighted by molar-refractivity contribution is 6.84.